The molecule has 2 aliphatic rings. The molecular formula is C30H31ClFN3O2. The Morgan fingerprint density at radius 1 is 0.946 bits per heavy atom. The van der Waals surface area contributed by atoms with Crippen molar-refractivity contribution >= 4 is 23.4 Å². The van der Waals surface area contributed by atoms with Crippen LogP contribution in [0.1, 0.15) is 44.3 Å². The van der Waals surface area contributed by atoms with Crippen molar-refractivity contribution in [3.8, 4) is 0 Å². The summed E-state index contributed by atoms with van der Waals surface area (Å²) in [5.41, 5.74) is 2.70. The molecule has 3 aromatic rings. The molecule has 2 unspecified atom stereocenters. The van der Waals surface area contributed by atoms with Gasteiger partial charge in [0.05, 0.1) is 16.6 Å². The minimum Gasteiger partial charge on any atom is -0.345 e. The predicted octanol–water partition coefficient (Wildman–Crippen LogP) is 5.35. The molecule has 2 fully saturated rings. The number of fused-ring (bicyclic) bond motifs is 1. The average molecular weight is 520 g/mol. The van der Waals surface area contributed by atoms with Gasteiger partial charge in [0.25, 0.3) is 11.8 Å². The number of nitrogens with one attached hydrogen (secondary N) is 1. The van der Waals surface area contributed by atoms with Gasteiger partial charge in [-0.2, -0.15) is 0 Å². The molecule has 0 radical (unpaired) electrons. The third-order valence-corrected chi connectivity index (χ3v) is 7.97. The lowest BCUT2D eigenvalue weighted by Crippen LogP contribution is -2.35. The molecule has 2 aliphatic heterocycles. The van der Waals surface area contributed by atoms with Crippen molar-refractivity contribution in [3.63, 3.8) is 0 Å². The standard InChI is InChI=1S/C30H31ClFN3O2/c1-20-8-5-6-11-24(20)29(36)33-27(21-9-3-2-4-10-21)14-15-34-16-22-18-35(19-23(22)17-34)30(37)28-25(31)12-7-13-26(28)32/h2-13,22-23,27H,14-19H2,1H3,(H,33,36)/t22?,23?,27-/m0/s1. The average Bonchev–Trinajstić information content (AvgIpc) is 3.46. The van der Waals surface area contributed by atoms with Crippen LogP contribution in [0.5, 0.6) is 0 Å². The highest BCUT2D eigenvalue weighted by atomic mass is 35.5. The third-order valence-electron chi connectivity index (χ3n) is 7.66. The first-order chi connectivity index (χ1) is 17.9. The number of likely N-dealkylation sites (tertiary alicyclic amines) is 2. The Morgan fingerprint density at radius 3 is 2.30 bits per heavy atom. The summed E-state index contributed by atoms with van der Waals surface area (Å²) in [5.74, 6) is -0.258. The van der Waals surface area contributed by atoms with Crippen LogP contribution in [-0.2, 0) is 0 Å². The van der Waals surface area contributed by atoms with E-state index in [2.05, 4.69) is 22.3 Å². The van der Waals surface area contributed by atoms with Crippen LogP contribution in [0, 0.1) is 24.6 Å². The van der Waals surface area contributed by atoms with Gasteiger partial charge in [0.15, 0.2) is 0 Å². The van der Waals surface area contributed by atoms with E-state index in [0.29, 0.717) is 30.5 Å². The molecule has 37 heavy (non-hydrogen) atoms. The Kier molecular flexibility index (Phi) is 7.58. The minimum atomic E-state index is -0.573. The summed E-state index contributed by atoms with van der Waals surface area (Å²) >= 11 is 6.13. The molecule has 0 saturated carbocycles. The molecule has 2 heterocycles. The van der Waals surface area contributed by atoms with Gasteiger partial charge in [-0.05, 0) is 54.5 Å². The van der Waals surface area contributed by atoms with Gasteiger partial charge in [-0.25, -0.2) is 4.39 Å². The zero-order valence-electron chi connectivity index (χ0n) is 20.9. The summed E-state index contributed by atoms with van der Waals surface area (Å²) in [6, 6.07) is 21.9. The molecule has 0 aromatic heterocycles. The number of halogens is 2. The molecule has 5 nitrogen and oxygen atoms in total. The van der Waals surface area contributed by atoms with E-state index >= 15 is 0 Å². The highest BCUT2D eigenvalue weighted by Crippen LogP contribution is 2.34. The second-order valence-corrected chi connectivity index (χ2v) is 10.5. The largest absolute Gasteiger partial charge is 0.345 e. The molecule has 2 amide bonds. The number of amides is 2. The Morgan fingerprint density at radius 2 is 1.62 bits per heavy atom. The second-order valence-electron chi connectivity index (χ2n) is 10.1. The lowest BCUT2D eigenvalue weighted by atomic mass is 10.0. The number of hydrogen-bond donors (Lipinski definition) is 1. The molecule has 1 N–H and O–H groups in total. The Hall–Kier alpha value is -3.22. The molecule has 3 aromatic carbocycles. The fourth-order valence-corrected chi connectivity index (χ4v) is 5.93. The molecular weight excluding hydrogens is 489 g/mol. The quantitative estimate of drug-likeness (QED) is 0.457. The van der Waals surface area contributed by atoms with E-state index in [1.54, 1.807) is 11.0 Å². The van der Waals surface area contributed by atoms with Crippen molar-refractivity contribution in [2.45, 2.75) is 19.4 Å². The van der Waals surface area contributed by atoms with Gasteiger partial charge >= 0.3 is 0 Å². The van der Waals surface area contributed by atoms with Crippen molar-refractivity contribution in [2.24, 2.45) is 11.8 Å². The maximum atomic E-state index is 14.3. The van der Waals surface area contributed by atoms with Crippen molar-refractivity contribution in [2.75, 3.05) is 32.7 Å². The summed E-state index contributed by atoms with van der Waals surface area (Å²) in [6.07, 6.45) is 0.786. The van der Waals surface area contributed by atoms with E-state index in [4.69, 9.17) is 11.6 Å². The third kappa shape index (κ3) is 5.55. The van der Waals surface area contributed by atoms with Crippen LogP contribution in [0.3, 0.4) is 0 Å². The van der Waals surface area contributed by atoms with E-state index in [1.165, 1.54) is 12.1 Å². The zero-order chi connectivity index (χ0) is 25.9. The number of benzene rings is 3. The highest BCUT2D eigenvalue weighted by Gasteiger charge is 2.42. The highest BCUT2D eigenvalue weighted by molar-refractivity contribution is 6.33. The number of carbonyl (C=O) groups is 2. The van der Waals surface area contributed by atoms with Crippen LogP contribution in [0.2, 0.25) is 5.02 Å². The predicted molar refractivity (Wildman–Crippen MR) is 143 cm³/mol. The van der Waals surface area contributed by atoms with Gasteiger partial charge in [0.1, 0.15) is 5.82 Å². The zero-order valence-corrected chi connectivity index (χ0v) is 21.6. The van der Waals surface area contributed by atoms with Crippen molar-refractivity contribution < 1.29 is 14.0 Å². The topological polar surface area (TPSA) is 52.7 Å². The first-order valence-electron chi connectivity index (χ1n) is 12.8. The summed E-state index contributed by atoms with van der Waals surface area (Å²) in [7, 11) is 0. The molecule has 2 saturated heterocycles. The summed E-state index contributed by atoms with van der Waals surface area (Å²) < 4.78 is 14.3. The van der Waals surface area contributed by atoms with Crippen molar-refractivity contribution in [1.82, 2.24) is 15.1 Å². The van der Waals surface area contributed by atoms with Crippen LogP contribution < -0.4 is 5.32 Å². The molecule has 3 atom stereocenters. The fourth-order valence-electron chi connectivity index (χ4n) is 5.68. The van der Waals surface area contributed by atoms with E-state index in [0.717, 1.165) is 37.2 Å². The molecule has 5 rings (SSSR count). The molecule has 0 aliphatic carbocycles. The lowest BCUT2D eigenvalue weighted by Gasteiger charge is -2.25. The van der Waals surface area contributed by atoms with Crippen LogP contribution >= 0.6 is 11.6 Å². The number of hydrogen-bond acceptors (Lipinski definition) is 3. The first kappa shape index (κ1) is 25.4. The van der Waals surface area contributed by atoms with Crippen LogP contribution in [0.25, 0.3) is 0 Å². The maximum absolute atomic E-state index is 14.3. The number of rotatable bonds is 7. The van der Waals surface area contributed by atoms with Crippen LogP contribution in [0.4, 0.5) is 4.39 Å². The van der Waals surface area contributed by atoms with E-state index < -0.39 is 5.82 Å². The Balaban J connectivity index is 1.20. The number of aryl methyl sites for hydroxylation is 1. The van der Waals surface area contributed by atoms with Gasteiger partial charge < -0.3 is 15.1 Å². The maximum Gasteiger partial charge on any atom is 0.258 e. The summed E-state index contributed by atoms with van der Waals surface area (Å²) in [4.78, 5) is 30.2. The fraction of sp³-hybridized carbons (Fsp3) is 0.333. The minimum absolute atomic E-state index is 0.0314. The van der Waals surface area contributed by atoms with Gasteiger partial charge in [0, 0.05) is 38.3 Å². The molecule has 0 bridgehead atoms. The summed E-state index contributed by atoms with van der Waals surface area (Å²) in [6.45, 7) is 5.77. The Labute approximate surface area is 222 Å². The van der Waals surface area contributed by atoms with E-state index in [9.17, 15) is 14.0 Å². The smallest absolute Gasteiger partial charge is 0.258 e. The normalized spacial score (nSPS) is 20.0. The molecule has 192 valence electrons. The second kappa shape index (κ2) is 11.0. The van der Waals surface area contributed by atoms with Gasteiger partial charge in [-0.1, -0.05) is 66.2 Å². The number of nitrogens with zero attached hydrogens (tertiary/aromatic N) is 2. The number of carbonyl (C=O) groups excluding carboxylic acids is 2. The molecule has 0 spiro atoms. The lowest BCUT2D eigenvalue weighted by molar-refractivity contribution is 0.0769. The van der Waals surface area contributed by atoms with Crippen LogP contribution in [-0.4, -0.2) is 54.3 Å². The molecule has 7 heteroatoms. The van der Waals surface area contributed by atoms with Crippen LogP contribution in [0.15, 0.2) is 72.8 Å². The van der Waals surface area contributed by atoms with Gasteiger partial charge in [0.2, 0.25) is 0 Å². The van der Waals surface area contributed by atoms with E-state index in [1.807, 2.05) is 49.4 Å². The monoisotopic (exact) mass is 519 g/mol. The van der Waals surface area contributed by atoms with Crippen molar-refractivity contribution in [3.05, 3.63) is 106 Å². The first-order valence-corrected chi connectivity index (χ1v) is 13.2. The SMILES string of the molecule is Cc1ccccc1C(=O)N[C@@H](CCN1CC2CN(C(=O)c3c(F)cccc3Cl)CC2C1)c1ccccc1. The van der Waals surface area contributed by atoms with E-state index in [-0.39, 0.29) is 28.4 Å². The van der Waals surface area contributed by atoms with Gasteiger partial charge in [-0.3, -0.25) is 9.59 Å². The Bertz CT molecular complexity index is 1250. The summed E-state index contributed by atoms with van der Waals surface area (Å²) in [5, 5.41) is 3.40. The van der Waals surface area contributed by atoms with Gasteiger partial charge in [-0.15, -0.1) is 0 Å². The van der Waals surface area contributed by atoms with Crippen molar-refractivity contribution in [1.29, 1.82) is 0 Å².